The third-order valence-corrected chi connectivity index (χ3v) is 6.27. The molecule has 2 aromatic carbocycles. The molecule has 1 aliphatic rings. The third-order valence-electron chi connectivity index (χ3n) is 6.27. The van der Waals surface area contributed by atoms with Crippen molar-refractivity contribution in [2.24, 2.45) is 5.92 Å². The minimum atomic E-state index is -0.0439. The summed E-state index contributed by atoms with van der Waals surface area (Å²) in [5.74, 6) is 0.757. The maximum Gasteiger partial charge on any atom is 0.274 e. The second-order valence-corrected chi connectivity index (χ2v) is 8.47. The number of nitrogens with one attached hydrogen (secondary N) is 2. The molecular formula is C24H29N3O3. The van der Waals surface area contributed by atoms with E-state index in [9.17, 15) is 9.59 Å². The summed E-state index contributed by atoms with van der Waals surface area (Å²) < 4.78 is 7.11. The normalized spacial score (nSPS) is 19.1. The molecule has 6 nitrogen and oxygen atoms in total. The molecule has 1 amide bonds. The minimum Gasteiger partial charge on any atom is -0.496 e. The van der Waals surface area contributed by atoms with E-state index in [0.29, 0.717) is 0 Å². The summed E-state index contributed by atoms with van der Waals surface area (Å²) in [6.45, 7) is 6.01. The summed E-state index contributed by atoms with van der Waals surface area (Å²) in [4.78, 5) is 25.7. The monoisotopic (exact) mass is 407 g/mol. The van der Waals surface area contributed by atoms with Gasteiger partial charge < -0.3 is 10.1 Å². The van der Waals surface area contributed by atoms with Gasteiger partial charge in [-0.15, -0.1) is 0 Å². The number of carbonyl (C=O) groups is 1. The van der Waals surface area contributed by atoms with E-state index < -0.39 is 0 Å². The lowest BCUT2D eigenvalue weighted by atomic mass is 9.85. The molecule has 0 bridgehead atoms. The smallest absolute Gasteiger partial charge is 0.274 e. The zero-order valence-corrected chi connectivity index (χ0v) is 18.0. The molecule has 2 N–H and O–H groups in total. The maximum absolute atomic E-state index is 12.9. The maximum atomic E-state index is 12.9. The molecule has 3 aromatic rings. The van der Waals surface area contributed by atoms with E-state index in [2.05, 4.69) is 16.5 Å². The fraction of sp³-hybridized carbons (Fsp3) is 0.417. The highest BCUT2D eigenvalue weighted by molar-refractivity contribution is 5.92. The van der Waals surface area contributed by atoms with Crippen LogP contribution in [0.1, 0.15) is 48.4 Å². The van der Waals surface area contributed by atoms with Gasteiger partial charge in [0, 0.05) is 17.7 Å². The highest BCUT2D eigenvalue weighted by atomic mass is 16.5. The molecule has 4 rings (SSSR count). The first-order valence-electron chi connectivity index (χ1n) is 10.5. The number of methoxy groups -OCH3 is 1. The Morgan fingerprint density at radius 1 is 1.07 bits per heavy atom. The van der Waals surface area contributed by atoms with Crippen LogP contribution in [0.3, 0.4) is 0 Å². The Bertz CT molecular complexity index is 1150. The van der Waals surface area contributed by atoms with Gasteiger partial charge in [0.25, 0.3) is 5.56 Å². The highest BCUT2D eigenvalue weighted by Crippen LogP contribution is 2.33. The topological polar surface area (TPSA) is 76.1 Å². The van der Waals surface area contributed by atoms with Crippen molar-refractivity contribution in [3.8, 4) is 5.75 Å². The van der Waals surface area contributed by atoms with E-state index >= 15 is 0 Å². The molecule has 0 spiro atoms. The van der Waals surface area contributed by atoms with Crippen LogP contribution < -0.4 is 15.6 Å². The molecule has 0 atom stereocenters. The van der Waals surface area contributed by atoms with E-state index in [4.69, 9.17) is 4.74 Å². The van der Waals surface area contributed by atoms with Crippen LogP contribution in [-0.2, 0) is 4.79 Å². The number of amides is 1. The molecule has 0 saturated heterocycles. The molecule has 1 heterocycles. The number of aromatic nitrogens is 2. The van der Waals surface area contributed by atoms with Crippen molar-refractivity contribution in [3.63, 3.8) is 0 Å². The molecule has 0 unspecified atom stereocenters. The number of anilines is 1. The van der Waals surface area contributed by atoms with Crippen LogP contribution in [0.4, 0.5) is 5.69 Å². The number of H-pyrrole nitrogens is 1. The fourth-order valence-corrected chi connectivity index (χ4v) is 4.58. The highest BCUT2D eigenvalue weighted by Gasteiger charge is 2.29. The Morgan fingerprint density at radius 2 is 1.80 bits per heavy atom. The number of hydrogen-bond donors (Lipinski definition) is 2. The van der Waals surface area contributed by atoms with Crippen LogP contribution in [0.5, 0.6) is 5.75 Å². The third kappa shape index (κ3) is 3.74. The van der Waals surface area contributed by atoms with Crippen LogP contribution >= 0.6 is 0 Å². The number of aryl methyl sites for hydroxylation is 3. The second-order valence-electron chi connectivity index (χ2n) is 8.47. The van der Waals surface area contributed by atoms with Crippen LogP contribution in [0.2, 0.25) is 0 Å². The van der Waals surface area contributed by atoms with Crippen molar-refractivity contribution < 1.29 is 9.53 Å². The van der Waals surface area contributed by atoms with E-state index in [-0.39, 0.29) is 23.4 Å². The van der Waals surface area contributed by atoms with Gasteiger partial charge in [-0.25, -0.2) is 4.68 Å². The zero-order valence-electron chi connectivity index (χ0n) is 18.0. The number of rotatable bonds is 4. The molecule has 1 aliphatic carbocycles. The van der Waals surface area contributed by atoms with Gasteiger partial charge in [-0.2, -0.15) is 0 Å². The van der Waals surface area contributed by atoms with Gasteiger partial charge in [0.2, 0.25) is 5.91 Å². The molecule has 30 heavy (non-hydrogen) atoms. The molecule has 0 radical (unpaired) electrons. The Balaban J connectivity index is 1.44. The van der Waals surface area contributed by atoms with Crippen LogP contribution in [0.25, 0.3) is 10.9 Å². The summed E-state index contributed by atoms with van der Waals surface area (Å²) in [5, 5.41) is 7.09. The number of nitrogens with zero attached hydrogens (tertiary/aromatic N) is 1. The second kappa shape index (κ2) is 8.01. The molecule has 158 valence electrons. The molecule has 1 fully saturated rings. The van der Waals surface area contributed by atoms with Crippen molar-refractivity contribution >= 4 is 22.5 Å². The van der Waals surface area contributed by atoms with E-state index in [0.717, 1.165) is 64.7 Å². The molecular weight excluding hydrogens is 378 g/mol. The number of ether oxygens (including phenoxy) is 1. The quantitative estimate of drug-likeness (QED) is 0.662. The van der Waals surface area contributed by atoms with Gasteiger partial charge in [0.15, 0.2) is 0 Å². The van der Waals surface area contributed by atoms with Crippen molar-refractivity contribution in [1.29, 1.82) is 0 Å². The largest absolute Gasteiger partial charge is 0.496 e. The summed E-state index contributed by atoms with van der Waals surface area (Å²) in [7, 11) is 1.63. The minimum absolute atomic E-state index is 0.0369. The van der Waals surface area contributed by atoms with Crippen LogP contribution in [0.15, 0.2) is 35.1 Å². The number of fused-ring (bicyclic) bond motifs is 1. The number of hydrogen-bond acceptors (Lipinski definition) is 3. The summed E-state index contributed by atoms with van der Waals surface area (Å²) in [6.07, 6.45) is 3.14. The molecule has 0 aliphatic heterocycles. The van der Waals surface area contributed by atoms with E-state index in [1.54, 1.807) is 11.8 Å². The van der Waals surface area contributed by atoms with Gasteiger partial charge in [0.05, 0.1) is 24.1 Å². The van der Waals surface area contributed by atoms with E-state index in [1.807, 2.05) is 45.0 Å². The predicted molar refractivity (Wildman–Crippen MR) is 119 cm³/mol. The lowest BCUT2D eigenvalue weighted by molar-refractivity contribution is -0.121. The van der Waals surface area contributed by atoms with Crippen molar-refractivity contribution in [3.05, 3.63) is 57.4 Å². The van der Waals surface area contributed by atoms with Gasteiger partial charge in [-0.05, 0) is 75.3 Å². The van der Waals surface area contributed by atoms with Crippen molar-refractivity contribution in [2.75, 3.05) is 12.4 Å². The molecule has 1 aromatic heterocycles. The first-order valence-corrected chi connectivity index (χ1v) is 10.5. The van der Waals surface area contributed by atoms with Crippen molar-refractivity contribution in [1.82, 2.24) is 9.78 Å². The van der Waals surface area contributed by atoms with Gasteiger partial charge in [0.1, 0.15) is 5.75 Å². The van der Waals surface area contributed by atoms with E-state index in [1.165, 1.54) is 0 Å². The van der Waals surface area contributed by atoms with Crippen LogP contribution in [-0.4, -0.2) is 22.8 Å². The molecule has 1 saturated carbocycles. The number of aromatic amines is 1. The average molecular weight is 408 g/mol. The molecule has 6 heteroatoms. The summed E-state index contributed by atoms with van der Waals surface area (Å²) >= 11 is 0. The summed E-state index contributed by atoms with van der Waals surface area (Å²) in [5.41, 5.74) is 4.92. The van der Waals surface area contributed by atoms with Crippen LogP contribution in [0, 0.1) is 26.7 Å². The Morgan fingerprint density at radius 3 is 2.50 bits per heavy atom. The lowest BCUT2D eigenvalue weighted by Gasteiger charge is -2.28. The average Bonchev–Trinajstić information content (AvgIpc) is 3.06. The SMILES string of the molecule is COc1cc(NC(=O)C2CCC(n3[nH]c4c(C)cc(C)cc4c3=O)CC2)ccc1C. The Labute approximate surface area is 176 Å². The first-order chi connectivity index (χ1) is 14.4. The Kier molecular flexibility index (Phi) is 5.41. The van der Waals surface area contributed by atoms with Crippen molar-refractivity contribution in [2.45, 2.75) is 52.5 Å². The predicted octanol–water partition coefficient (Wildman–Crippen LogP) is 4.63. The standard InChI is InChI=1S/C24H29N3O3/c1-14-11-16(3)22-20(12-14)24(29)27(26-22)19-9-6-17(7-10-19)23(28)25-18-8-5-15(2)21(13-18)30-4/h5,8,11-13,17,19,26H,6-7,9-10H2,1-4H3,(H,25,28). The van der Waals surface area contributed by atoms with Gasteiger partial charge in [-0.3, -0.25) is 14.7 Å². The van der Waals surface area contributed by atoms with Gasteiger partial charge >= 0.3 is 0 Å². The Hall–Kier alpha value is -3.02. The zero-order chi connectivity index (χ0) is 21.4. The first kappa shape index (κ1) is 20.3. The number of carbonyl (C=O) groups excluding carboxylic acids is 1. The fourth-order valence-electron chi connectivity index (χ4n) is 4.58. The summed E-state index contributed by atoms with van der Waals surface area (Å²) in [6, 6.07) is 9.84. The van der Waals surface area contributed by atoms with Gasteiger partial charge in [-0.1, -0.05) is 12.1 Å². The lowest BCUT2D eigenvalue weighted by Crippen LogP contribution is -2.31. The number of benzene rings is 2.